The molecule has 0 aliphatic rings. The molecule has 0 aliphatic heterocycles. The average molecular weight is 491 g/mol. The Morgan fingerprint density at radius 3 is 2.20 bits per heavy atom. The van der Waals surface area contributed by atoms with Crippen molar-refractivity contribution in [1.29, 1.82) is 0 Å². The predicted octanol–water partition coefficient (Wildman–Crippen LogP) is 2.31. The number of ketones is 2. The van der Waals surface area contributed by atoms with E-state index in [1.165, 1.54) is 6.92 Å². The summed E-state index contributed by atoms with van der Waals surface area (Å²) < 4.78 is 5.05. The van der Waals surface area contributed by atoms with Crippen LogP contribution >= 0.6 is 0 Å². The molecule has 10 nitrogen and oxygen atoms in total. The maximum atomic E-state index is 12.8. The number of nitrogens with one attached hydrogen (secondary N) is 3. The summed E-state index contributed by atoms with van der Waals surface area (Å²) in [5.41, 5.74) is 6.57. The number of alkyl carbamates (subject to hydrolysis) is 1. The van der Waals surface area contributed by atoms with Crippen LogP contribution in [0.25, 0.3) is 0 Å². The molecule has 0 saturated carbocycles. The van der Waals surface area contributed by atoms with Crippen LogP contribution in [0.2, 0.25) is 0 Å². The molecule has 1 aromatic carbocycles. The standard InChI is InChI=1S/C25H38N4O6/c1-16(2)22(14-21(31)7-5-6-17(3)30)24(33)28-18(4)23(32)29-20-10-8-19(9-11-20)15-35-25(34)27-13-12-26/h8-11,16,18,22H,5-7,12-15,26H2,1-4H3,(H,27,34)(H,28,33)(H,29,32)/t18-,22-/m0/s1. The van der Waals surface area contributed by atoms with Crippen molar-refractivity contribution < 1.29 is 28.7 Å². The maximum Gasteiger partial charge on any atom is 0.407 e. The van der Waals surface area contributed by atoms with Gasteiger partial charge in [0.2, 0.25) is 11.8 Å². The zero-order valence-corrected chi connectivity index (χ0v) is 21.0. The van der Waals surface area contributed by atoms with Gasteiger partial charge in [0.1, 0.15) is 24.2 Å². The summed E-state index contributed by atoms with van der Waals surface area (Å²) >= 11 is 0. The number of nitrogens with two attached hydrogens (primary N) is 1. The molecule has 0 spiro atoms. The molecule has 1 aromatic rings. The van der Waals surface area contributed by atoms with Gasteiger partial charge in [-0.15, -0.1) is 0 Å². The fourth-order valence-electron chi connectivity index (χ4n) is 3.21. The summed E-state index contributed by atoms with van der Waals surface area (Å²) in [4.78, 5) is 60.1. The number of anilines is 1. The van der Waals surface area contributed by atoms with Crippen LogP contribution in [0.15, 0.2) is 24.3 Å². The van der Waals surface area contributed by atoms with Gasteiger partial charge in [-0.25, -0.2) is 4.79 Å². The molecule has 0 aliphatic carbocycles. The Kier molecular flexibility index (Phi) is 13.3. The van der Waals surface area contributed by atoms with E-state index in [1.54, 1.807) is 31.2 Å². The smallest absolute Gasteiger partial charge is 0.407 e. The number of hydrogen-bond donors (Lipinski definition) is 4. The first-order valence-corrected chi connectivity index (χ1v) is 11.9. The van der Waals surface area contributed by atoms with Crippen molar-refractivity contribution in [1.82, 2.24) is 10.6 Å². The molecular formula is C25H38N4O6. The second kappa shape index (κ2) is 15.6. The van der Waals surface area contributed by atoms with Gasteiger partial charge in [-0.2, -0.15) is 0 Å². The van der Waals surface area contributed by atoms with Crippen LogP contribution in [0.3, 0.4) is 0 Å². The van der Waals surface area contributed by atoms with Crippen LogP contribution in [-0.4, -0.2) is 48.6 Å². The maximum absolute atomic E-state index is 12.8. The lowest BCUT2D eigenvalue weighted by Gasteiger charge is -2.22. The quantitative estimate of drug-likeness (QED) is 0.294. The van der Waals surface area contributed by atoms with Crippen molar-refractivity contribution in [2.24, 2.45) is 17.6 Å². The minimum Gasteiger partial charge on any atom is -0.445 e. The fraction of sp³-hybridized carbons (Fsp3) is 0.560. The van der Waals surface area contributed by atoms with E-state index in [0.717, 1.165) is 5.56 Å². The predicted molar refractivity (Wildman–Crippen MR) is 132 cm³/mol. The minimum atomic E-state index is -0.814. The number of ether oxygens (including phenoxy) is 1. The van der Waals surface area contributed by atoms with Gasteiger partial charge in [0.15, 0.2) is 0 Å². The second-order valence-corrected chi connectivity index (χ2v) is 8.86. The molecule has 0 bridgehead atoms. The Hall–Kier alpha value is -3.27. The van der Waals surface area contributed by atoms with Crippen LogP contribution in [-0.2, 0) is 30.5 Å². The highest BCUT2D eigenvalue weighted by Gasteiger charge is 2.27. The molecule has 35 heavy (non-hydrogen) atoms. The van der Waals surface area contributed by atoms with Gasteiger partial charge in [0.25, 0.3) is 0 Å². The number of carbonyl (C=O) groups is 5. The molecule has 1 rings (SSSR count). The molecule has 2 atom stereocenters. The average Bonchev–Trinajstić information content (AvgIpc) is 2.80. The molecular weight excluding hydrogens is 452 g/mol. The van der Waals surface area contributed by atoms with Crippen molar-refractivity contribution in [2.75, 3.05) is 18.4 Å². The topological polar surface area (TPSA) is 157 Å². The number of Topliss-reactive ketones (excluding diaryl/α,β-unsaturated/α-hetero) is 2. The molecule has 5 N–H and O–H groups in total. The van der Waals surface area contributed by atoms with Crippen LogP contribution in [0.1, 0.15) is 58.9 Å². The fourth-order valence-corrected chi connectivity index (χ4v) is 3.21. The third kappa shape index (κ3) is 12.1. The zero-order valence-electron chi connectivity index (χ0n) is 21.0. The summed E-state index contributed by atoms with van der Waals surface area (Å²) in [5, 5.41) is 7.92. The minimum absolute atomic E-state index is 0.0319. The van der Waals surface area contributed by atoms with Gasteiger partial charge in [-0.3, -0.25) is 14.4 Å². The summed E-state index contributed by atoms with van der Waals surface area (Å²) in [6.45, 7) is 7.48. The Labute approximate surface area is 206 Å². The first-order valence-electron chi connectivity index (χ1n) is 11.9. The third-order valence-electron chi connectivity index (χ3n) is 5.33. The molecule has 194 valence electrons. The van der Waals surface area contributed by atoms with E-state index in [1.807, 2.05) is 13.8 Å². The Balaban J connectivity index is 2.56. The lowest BCUT2D eigenvalue weighted by Crippen LogP contribution is -2.45. The lowest BCUT2D eigenvalue weighted by molar-refractivity contribution is -0.133. The number of carbonyl (C=O) groups excluding carboxylic acids is 5. The van der Waals surface area contributed by atoms with Gasteiger partial charge in [-0.05, 0) is 43.9 Å². The molecule has 0 heterocycles. The highest BCUT2D eigenvalue weighted by atomic mass is 16.5. The third-order valence-corrected chi connectivity index (χ3v) is 5.33. The molecule has 3 amide bonds. The van der Waals surface area contributed by atoms with E-state index in [0.29, 0.717) is 31.6 Å². The van der Waals surface area contributed by atoms with Crippen LogP contribution < -0.4 is 21.7 Å². The Morgan fingerprint density at radius 1 is 0.971 bits per heavy atom. The highest BCUT2D eigenvalue weighted by molar-refractivity contribution is 5.97. The molecule has 0 saturated heterocycles. The lowest BCUT2D eigenvalue weighted by atomic mass is 9.88. The number of hydrogen-bond acceptors (Lipinski definition) is 7. The van der Waals surface area contributed by atoms with E-state index in [2.05, 4.69) is 16.0 Å². The van der Waals surface area contributed by atoms with E-state index in [4.69, 9.17) is 10.5 Å². The van der Waals surface area contributed by atoms with Crippen LogP contribution in [0, 0.1) is 11.8 Å². The number of amides is 3. The summed E-state index contributed by atoms with van der Waals surface area (Å²) in [7, 11) is 0. The van der Waals surface area contributed by atoms with Gasteiger partial charge >= 0.3 is 6.09 Å². The van der Waals surface area contributed by atoms with Crippen LogP contribution in [0.4, 0.5) is 10.5 Å². The SMILES string of the molecule is CC(=O)CCCC(=O)C[C@H](C(=O)N[C@@H](C)C(=O)Nc1ccc(COC(=O)NCCN)cc1)C(C)C. The van der Waals surface area contributed by atoms with E-state index in [9.17, 15) is 24.0 Å². The van der Waals surface area contributed by atoms with Gasteiger partial charge in [0.05, 0.1) is 0 Å². The number of benzene rings is 1. The Bertz CT molecular complexity index is 869. The number of rotatable bonds is 15. The van der Waals surface area contributed by atoms with E-state index < -0.39 is 24.0 Å². The van der Waals surface area contributed by atoms with Gasteiger partial charge in [-0.1, -0.05) is 26.0 Å². The van der Waals surface area contributed by atoms with Crippen molar-refractivity contribution in [3.05, 3.63) is 29.8 Å². The van der Waals surface area contributed by atoms with Gasteiger partial charge in [0, 0.05) is 44.0 Å². The first-order chi connectivity index (χ1) is 16.5. The molecule has 10 heteroatoms. The summed E-state index contributed by atoms with van der Waals surface area (Å²) in [6.07, 6.45) is 0.593. The monoisotopic (exact) mass is 490 g/mol. The first kappa shape index (κ1) is 29.8. The van der Waals surface area contributed by atoms with E-state index >= 15 is 0 Å². The second-order valence-electron chi connectivity index (χ2n) is 8.86. The largest absolute Gasteiger partial charge is 0.445 e. The molecule has 0 fully saturated rings. The molecule has 0 aromatic heterocycles. The molecule has 0 radical (unpaired) electrons. The van der Waals surface area contributed by atoms with Crippen LogP contribution in [0.5, 0.6) is 0 Å². The molecule has 0 unspecified atom stereocenters. The van der Waals surface area contributed by atoms with Crippen molar-refractivity contribution in [3.8, 4) is 0 Å². The zero-order chi connectivity index (χ0) is 26.4. The van der Waals surface area contributed by atoms with E-state index in [-0.39, 0.29) is 42.8 Å². The highest BCUT2D eigenvalue weighted by Crippen LogP contribution is 2.18. The normalized spacial score (nSPS) is 12.4. The van der Waals surface area contributed by atoms with Crippen molar-refractivity contribution >= 4 is 35.2 Å². The Morgan fingerprint density at radius 2 is 1.63 bits per heavy atom. The summed E-state index contributed by atoms with van der Waals surface area (Å²) in [5.74, 6) is -1.45. The van der Waals surface area contributed by atoms with Gasteiger partial charge < -0.3 is 31.2 Å². The van der Waals surface area contributed by atoms with Crippen molar-refractivity contribution in [3.63, 3.8) is 0 Å². The van der Waals surface area contributed by atoms with Crippen molar-refractivity contribution in [2.45, 2.75) is 66.0 Å². The summed E-state index contributed by atoms with van der Waals surface area (Å²) in [6, 6.07) is 5.94.